The molecular formula is C7H16N2O2S. The zero-order valence-electron chi connectivity index (χ0n) is 7.74. The molecule has 0 atom stereocenters. The maximum Gasteiger partial charge on any atom is 0.216 e. The lowest BCUT2D eigenvalue weighted by Crippen LogP contribution is -2.59. The van der Waals surface area contributed by atoms with Gasteiger partial charge < -0.3 is 0 Å². The fourth-order valence-electron chi connectivity index (χ4n) is 1.25. The molecule has 5 heteroatoms. The zero-order chi connectivity index (χ0) is 9.35. The Labute approximate surface area is 74.0 Å². The summed E-state index contributed by atoms with van der Waals surface area (Å²) in [6.45, 7) is 5.48. The molecule has 1 rings (SSSR count). The molecule has 0 aliphatic carbocycles. The lowest BCUT2D eigenvalue weighted by atomic mass is 10.1. The Balaban J connectivity index is 2.45. The molecule has 0 spiro atoms. The van der Waals surface area contributed by atoms with Gasteiger partial charge >= 0.3 is 0 Å². The molecule has 0 radical (unpaired) electrons. The van der Waals surface area contributed by atoms with Crippen LogP contribution in [-0.2, 0) is 10.0 Å². The van der Waals surface area contributed by atoms with Crippen LogP contribution in [0.15, 0.2) is 0 Å². The minimum absolute atomic E-state index is 0.204. The molecule has 4 nitrogen and oxygen atoms in total. The topological polar surface area (TPSA) is 49.4 Å². The van der Waals surface area contributed by atoms with Crippen molar-refractivity contribution in [1.82, 2.24) is 9.62 Å². The smallest absolute Gasteiger partial charge is 0.216 e. The number of nitrogens with one attached hydrogen (secondary N) is 1. The Hall–Kier alpha value is -0.130. The van der Waals surface area contributed by atoms with Gasteiger partial charge in [0.2, 0.25) is 10.0 Å². The van der Waals surface area contributed by atoms with E-state index in [0.29, 0.717) is 19.1 Å². The largest absolute Gasteiger partial charge is 0.298 e. The molecule has 1 saturated heterocycles. The maximum absolute atomic E-state index is 11.2. The molecular weight excluding hydrogens is 176 g/mol. The normalized spacial score (nSPS) is 21.3. The lowest BCUT2D eigenvalue weighted by Gasteiger charge is -2.41. The van der Waals surface area contributed by atoms with Crippen LogP contribution in [0.2, 0.25) is 0 Å². The van der Waals surface area contributed by atoms with Crippen molar-refractivity contribution >= 4 is 10.0 Å². The van der Waals surface area contributed by atoms with Crippen LogP contribution in [0.5, 0.6) is 0 Å². The number of rotatable bonds is 3. The van der Waals surface area contributed by atoms with Gasteiger partial charge in [-0.25, -0.2) is 13.1 Å². The van der Waals surface area contributed by atoms with Gasteiger partial charge in [0.1, 0.15) is 5.25 Å². The second kappa shape index (κ2) is 3.32. The third-order valence-corrected chi connectivity index (χ3v) is 4.07. The van der Waals surface area contributed by atoms with Gasteiger partial charge in [-0.05, 0) is 20.9 Å². The summed E-state index contributed by atoms with van der Waals surface area (Å²) in [5.74, 6) is 0. The molecule has 0 amide bonds. The summed E-state index contributed by atoms with van der Waals surface area (Å²) in [5.41, 5.74) is 0. The number of likely N-dealkylation sites (tertiary alicyclic amines) is 1. The number of sulfonamides is 1. The van der Waals surface area contributed by atoms with Gasteiger partial charge in [-0.15, -0.1) is 0 Å². The van der Waals surface area contributed by atoms with Crippen LogP contribution in [0.25, 0.3) is 0 Å². The highest BCUT2D eigenvalue weighted by Crippen LogP contribution is 2.17. The molecule has 0 aromatic heterocycles. The predicted octanol–water partition coefficient (Wildman–Crippen LogP) is -0.372. The first-order chi connectivity index (χ1) is 5.47. The highest BCUT2D eigenvalue weighted by molar-refractivity contribution is 7.90. The summed E-state index contributed by atoms with van der Waals surface area (Å²) in [6, 6.07) is 0.452. The Bertz CT molecular complexity index is 242. The van der Waals surface area contributed by atoms with E-state index in [0.717, 1.165) is 0 Å². The van der Waals surface area contributed by atoms with Crippen molar-refractivity contribution in [3.63, 3.8) is 0 Å². The van der Waals surface area contributed by atoms with E-state index in [1.807, 2.05) is 0 Å². The van der Waals surface area contributed by atoms with Crippen LogP contribution in [0.4, 0.5) is 0 Å². The molecule has 1 fully saturated rings. The van der Waals surface area contributed by atoms with Gasteiger partial charge in [0.05, 0.1) is 0 Å². The molecule has 0 bridgehead atoms. The zero-order valence-corrected chi connectivity index (χ0v) is 8.56. The molecule has 0 aromatic rings. The van der Waals surface area contributed by atoms with E-state index in [2.05, 4.69) is 23.5 Å². The highest BCUT2D eigenvalue weighted by Gasteiger charge is 2.37. The molecule has 72 valence electrons. The second-order valence-corrected chi connectivity index (χ2v) is 5.58. The first-order valence-electron chi connectivity index (χ1n) is 4.14. The molecule has 0 aromatic carbocycles. The summed E-state index contributed by atoms with van der Waals surface area (Å²) in [7, 11) is -1.55. The third-order valence-electron chi connectivity index (χ3n) is 2.33. The van der Waals surface area contributed by atoms with E-state index in [-0.39, 0.29) is 5.25 Å². The highest BCUT2D eigenvalue weighted by atomic mass is 32.2. The molecule has 1 heterocycles. The van der Waals surface area contributed by atoms with Gasteiger partial charge in [-0.1, -0.05) is 0 Å². The van der Waals surface area contributed by atoms with Crippen molar-refractivity contribution in [1.29, 1.82) is 0 Å². The third kappa shape index (κ3) is 1.78. The Kier molecular flexibility index (Phi) is 2.75. The van der Waals surface area contributed by atoms with Crippen molar-refractivity contribution in [3.8, 4) is 0 Å². The van der Waals surface area contributed by atoms with E-state index in [1.54, 1.807) is 0 Å². The first-order valence-corrected chi connectivity index (χ1v) is 5.68. The van der Waals surface area contributed by atoms with Crippen molar-refractivity contribution < 1.29 is 8.42 Å². The fourth-order valence-corrected chi connectivity index (χ4v) is 2.36. The molecule has 1 aliphatic heterocycles. The first kappa shape index (κ1) is 9.95. The summed E-state index contributed by atoms with van der Waals surface area (Å²) in [6.07, 6.45) is 0. The van der Waals surface area contributed by atoms with Gasteiger partial charge in [-0.3, -0.25) is 4.90 Å². The minimum atomic E-state index is -3.02. The van der Waals surface area contributed by atoms with E-state index in [1.165, 1.54) is 7.05 Å². The van der Waals surface area contributed by atoms with Gasteiger partial charge in [0.25, 0.3) is 0 Å². The van der Waals surface area contributed by atoms with E-state index in [4.69, 9.17) is 0 Å². The van der Waals surface area contributed by atoms with Crippen molar-refractivity contribution in [3.05, 3.63) is 0 Å². The van der Waals surface area contributed by atoms with E-state index >= 15 is 0 Å². The van der Waals surface area contributed by atoms with E-state index < -0.39 is 10.0 Å². The molecule has 0 saturated carbocycles. The molecule has 12 heavy (non-hydrogen) atoms. The summed E-state index contributed by atoms with van der Waals surface area (Å²) in [4.78, 5) is 2.14. The SMILES string of the molecule is CNS(=O)(=O)C1CN(C(C)C)C1. The van der Waals surface area contributed by atoms with Crippen LogP contribution in [0.1, 0.15) is 13.8 Å². The minimum Gasteiger partial charge on any atom is -0.298 e. The maximum atomic E-state index is 11.2. The lowest BCUT2D eigenvalue weighted by molar-refractivity contribution is 0.141. The summed E-state index contributed by atoms with van der Waals surface area (Å²) < 4.78 is 24.8. The van der Waals surface area contributed by atoms with Crippen LogP contribution in [0.3, 0.4) is 0 Å². The summed E-state index contributed by atoms with van der Waals surface area (Å²) >= 11 is 0. The molecule has 1 N–H and O–H groups in total. The monoisotopic (exact) mass is 192 g/mol. The summed E-state index contributed by atoms with van der Waals surface area (Å²) in [5, 5.41) is -0.204. The van der Waals surface area contributed by atoms with Crippen molar-refractivity contribution in [2.45, 2.75) is 25.1 Å². The average Bonchev–Trinajstić information content (AvgIpc) is 1.82. The molecule has 0 unspecified atom stereocenters. The van der Waals surface area contributed by atoms with E-state index in [9.17, 15) is 8.42 Å². The predicted molar refractivity (Wildman–Crippen MR) is 48.5 cm³/mol. The second-order valence-electron chi connectivity index (χ2n) is 3.42. The standard InChI is InChI=1S/C7H16N2O2S/c1-6(2)9-4-7(5-9)12(10,11)8-3/h6-8H,4-5H2,1-3H3. The molecule has 1 aliphatic rings. The van der Waals surface area contributed by atoms with Gasteiger partial charge in [0.15, 0.2) is 0 Å². The van der Waals surface area contributed by atoms with Crippen LogP contribution in [-0.4, -0.2) is 44.7 Å². The van der Waals surface area contributed by atoms with Gasteiger partial charge in [-0.2, -0.15) is 0 Å². The Morgan fingerprint density at radius 1 is 1.42 bits per heavy atom. The Morgan fingerprint density at radius 2 is 1.92 bits per heavy atom. The van der Waals surface area contributed by atoms with Crippen molar-refractivity contribution in [2.75, 3.05) is 20.1 Å². The van der Waals surface area contributed by atoms with Crippen LogP contribution >= 0.6 is 0 Å². The van der Waals surface area contributed by atoms with Crippen molar-refractivity contribution in [2.24, 2.45) is 0 Å². The quantitative estimate of drug-likeness (QED) is 0.663. The van der Waals surface area contributed by atoms with Crippen LogP contribution < -0.4 is 4.72 Å². The van der Waals surface area contributed by atoms with Gasteiger partial charge in [0, 0.05) is 19.1 Å². The fraction of sp³-hybridized carbons (Fsp3) is 1.00. The number of hydrogen-bond donors (Lipinski definition) is 1. The number of nitrogens with zero attached hydrogens (tertiary/aromatic N) is 1. The average molecular weight is 192 g/mol. The Morgan fingerprint density at radius 3 is 2.25 bits per heavy atom. The van der Waals surface area contributed by atoms with Crippen LogP contribution in [0, 0.1) is 0 Å². The number of hydrogen-bond acceptors (Lipinski definition) is 3.